The smallest absolute Gasteiger partial charge is 0.226 e. The topological polar surface area (TPSA) is 70.6 Å². The lowest BCUT2D eigenvalue weighted by molar-refractivity contribution is -0.135. The molecule has 3 aromatic rings. The predicted octanol–water partition coefficient (Wildman–Crippen LogP) is 4.73. The SMILES string of the molecule is Cc1cc(N2CCC(N(C)C(=O)C(C)CS(=O)(=O)c3ccc4cc(Cl)ccc4c3)CC2)ccn1. The molecule has 0 aliphatic carbocycles. The summed E-state index contributed by atoms with van der Waals surface area (Å²) in [6.45, 7) is 5.37. The quantitative estimate of drug-likeness (QED) is 0.490. The molecule has 0 bridgehead atoms. The van der Waals surface area contributed by atoms with Crippen LogP contribution in [0.1, 0.15) is 25.5 Å². The Labute approximate surface area is 206 Å². The Kier molecular flexibility index (Phi) is 7.14. The predicted molar refractivity (Wildman–Crippen MR) is 137 cm³/mol. The standard InChI is InChI=1S/C26H30ClN3O3S/c1-18(17-34(32,33)25-7-5-20-15-22(27)6-4-21(20)16-25)26(31)29(3)23-9-12-30(13-10-23)24-8-11-28-19(2)14-24/h4-8,11,14-16,18,23H,9-10,12-13,17H2,1-3H3. The van der Waals surface area contributed by atoms with Crippen molar-refractivity contribution in [1.29, 1.82) is 0 Å². The molecule has 1 aliphatic rings. The van der Waals surface area contributed by atoms with Crippen molar-refractivity contribution < 1.29 is 13.2 Å². The molecule has 8 heteroatoms. The molecule has 6 nitrogen and oxygen atoms in total. The van der Waals surface area contributed by atoms with Crippen LogP contribution in [0.2, 0.25) is 5.02 Å². The minimum atomic E-state index is -3.61. The summed E-state index contributed by atoms with van der Waals surface area (Å²) in [5, 5.41) is 2.29. The fourth-order valence-corrected chi connectivity index (χ4v) is 6.41. The van der Waals surface area contributed by atoms with E-state index in [1.54, 1.807) is 55.3 Å². The van der Waals surface area contributed by atoms with Crippen LogP contribution in [-0.4, -0.2) is 56.1 Å². The van der Waals surface area contributed by atoms with Crippen LogP contribution in [0.15, 0.2) is 59.6 Å². The Hall–Kier alpha value is -2.64. The molecule has 0 saturated carbocycles. The van der Waals surface area contributed by atoms with Crippen molar-refractivity contribution in [1.82, 2.24) is 9.88 Å². The number of fused-ring (bicyclic) bond motifs is 1. The third-order valence-electron chi connectivity index (χ3n) is 6.63. The summed E-state index contributed by atoms with van der Waals surface area (Å²) in [7, 11) is -1.82. The summed E-state index contributed by atoms with van der Waals surface area (Å²) in [4.78, 5) is 21.7. The second kappa shape index (κ2) is 9.92. The van der Waals surface area contributed by atoms with E-state index in [0.29, 0.717) is 5.02 Å². The van der Waals surface area contributed by atoms with E-state index in [0.717, 1.165) is 48.1 Å². The fraction of sp³-hybridized carbons (Fsp3) is 0.385. The molecule has 1 unspecified atom stereocenters. The molecule has 1 amide bonds. The average Bonchev–Trinajstić information content (AvgIpc) is 2.82. The summed E-state index contributed by atoms with van der Waals surface area (Å²) >= 11 is 6.03. The van der Waals surface area contributed by atoms with Gasteiger partial charge < -0.3 is 9.80 Å². The highest BCUT2D eigenvalue weighted by atomic mass is 35.5. The van der Waals surface area contributed by atoms with Crippen molar-refractivity contribution in [3.8, 4) is 0 Å². The first-order valence-electron chi connectivity index (χ1n) is 11.5. The number of hydrogen-bond acceptors (Lipinski definition) is 5. The zero-order valence-electron chi connectivity index (χ0n) is 19.7. The van der Waals surface area contributed by atoms with Gasteiger partial charge in [-0.2, -0.15) is 0 Å². The molecule has 1 saturated heterocycles. The largest absolute Gasteiger partial charge is 0.371 e. The number of rotatable bonds is 6. The van der Waals surface area contributed by atoms with E-state index in [2.05, 4.69) is 16.0 Å². The number of anilines is 1. The number of carbonyl (C=O) groups excluding carboxylic acids is 1. The lowest BCUT2D eigenvalue weighted by Gasteiger charge is -2.38. The van der Waals surface area contributed by atoms with Crippen LogP contribution in [0, 0.1) is 12.8 Å². The first-order valence-corrected chi connectivity index (χ1v) is 13.5. The van der Waals surface area contributed by atoms with Crippen molar-refractivity contribution in [3.05, 3.63) is 65.4 Å². The second-order valence-electron chi connectivity index (χ2n) is 9.16. The van der Waals surface area contributed by atoms with Crippen molar-refractivity contribution in [2.24, 2.45) is 5.92 Å². The molecule has 34 heavy (non-hydrogen) atoms. The third kappa shape index (κ3) is 5.36. The highest BCUT2D eigenvalue weighted by Crippen LogP contribution is 2.26. The van der Waals surface area contributed by atoms with E-state index in [4.69, 9.17) is 11.6 Å². The number of benzene rings is 2. The van der Waals surface area contributed by atoms with Crippen LogP contribution in [0.4, 0.5) is 5.69 Å². The summed E-state index contributed by atoms with van der Waals surface area (Å²) < 4.78 is 26.2. The molecule has 0 spiro atoms. The number of hydrogen-bond donors (Lipinski definition) is 0. The number of pyridine rings is 1. The van der Waals surface area contributed by atoms with E-state index >= 15 is 0 Å². The Bertz CT molecular complexity index is 1300. The molecule has 2 aromatic carbocycles. The third-order valence-corrected chi connectivity index (χ3v) is 8.78. The number of nitrogens with zero attached hydrogens (tertiary/aromatic N) is 3. The number of piperidine rings is 1. The summed E-state index contributed by atoms with van der Waals surface area (Å²) in [5.41, 5.74) is 2.13. The van der Waals surface area contributed by atoms with Crippen LogP contribution in [-0.2, 0) is 14.6 Å². The monoisotopic (exact) mass is 499 g/mol. The number of amides is 1. The van der Waals surface area contributed by atoms with Gasteiger partial charge in [0.15, 0.2) is 9.84 Å². The molecular formula is C26H30ClN3O3S. The maximum Gasteiger partial charge on any atom is 0.226 e. The van der Waals surface area contributed by atoms with Gasteiger partial charge in [-0.3, -0.25) is 9.78 Å². The molecule has 1 fully saturated rings. The molecule has 0 N–H and O–H groups in total. The molecule has 0 radical (unpaired) electrons. The molecule has 1 atom stereocenters. The first kappa shape index (κ1) is 24.5. The Morgan fingerprint density at radius 1 is 1.12 bits per heavy atom. The van der Waals surface area contributed by atoms with Crippen LogP contribution in [0.3, 0.4) is 0 Å². The lowest BCUT2D eigenvalue weighted by Crippen LogP contribution is -2.47. The van der Waals surface area contributed by atoms with Gasteiger partial charge in [0.2, 0.25) is 5.91 Å². The number of halogens is 1. The van der Waals surface area contributed by atoms with Gasteiger partial charge >= 0.3 is 0 Å². The van der Waals surface area contributed by atoms with Gasteiger partial charge in [-0.05, 0) is 66.9 Å². The van der Waals surface area contributed by atoms with E-state index in [9.17, 15) is 13.2 Å². The molecular weight excluding hydrogens is 470 g/mol. The van der Waals surface area contributed by atoms with Gasteiger partial charge in [-0.15, -0.1) is 0 Å². The maximum atomic E-state index is 13.1. The van der Waals surface area contributed by atoms with Gasteiger partial charge in [0.05, 0.1) is 10.6 Å². The molecule has 1 aliphatic heterocycles. The number of sulfone groups is 1. The second-order valence-corrected chi connectivity index (χ2v) is 11.6. The number of aromatic nitrogens is 1. The summed E-state index contributed by atoms with van der Waals surface area (Å²) in [6.07, 6.45) is 3.51. The van der Waals surface area contributed by atoms with Crippen molar-refractivity contribution in [2.75, 3.05) is 30.8 Å². The van der Waals surface area contributed by atoms with Crippen molar-refractivity contribution in [2.45, 2.75) is 37.6 Å². The van der Waals surface area contributed by atoms with Crippen LogP contribution >= 0.6 is 11.6 Å². The Morgan fingerprint density at radius 2 is 1.79 bits per heavy atom. The van der Waals surface area contributed by atoms with Gasteiger partial charge in [-0.1, -0.05) is 30.7 Å². The average molecular weight is 500 g/mol. The van der Waals surface area contributed by atoms with Gasteiger partial charge in [0, 0.05) is 54.7 Å². The summed E-state index contributed by atoms with van der Waals surface area (Å²) in [5.74, 6) is -0.976. The van der Waals surface area contributed by atoms with Crippen molar-refractivity contribution >= 4 is 43.8 Å². The van der Waals surface area contributed by atoms with Gasteiger partial charge in [-0.25, -0.2) is 8.42 Å². The normalized spacial score (nSPS) is 15.9. The van der Waals surface area contributed by atoms with Gasteiger partial charge in [0.1, 0.15) is 0 Å². The lowest BCUT2D eigenvalue weighted by atomic mass is 10.0. The van der Waals surface area contributed by atoms with E-state index in [-0.39, 0.29) is 22.6 Å². The van der Waals surface area contributed by atoms with E-state index < -0.39 is 15.8 Å². The molecule has 2 heterocycles. The van der Waals surface area contributed by atoms with E-state index in [1.807, 2.05) is 19.2 Å². The molecule has 1 aromatic heterocycles. The highest BCUT2D eigenvalue weighted by molar-refractivity contribution is 7.91. The van der Waals surface area contributed by atoms with Gasteiger partial charge in [0.25, 0.3) is 0 Å². The zero-order valence-corrected chi connectivity index (χ0v) is 21.3. The van der Waals surface area contributed by atoms with Crippen molar-refractivity contribution in [3.63, 3.8) is 0 Å². The minimum Gasteiger partial charge on any atom is -0.371 e. The Morgan fingerprint density at radius 3 is 2.50 bits per heavy atom. The molecule has 180 valence electrons. The van der Waals surface area contributed by atoms with Crippen LogP contribution in [0.5, 0.6) is 0 Å². The minimum absolute atomic E-state index is 0.0993. The maximum absolute atomic E-state index is 13.1. The van der Waals surface area contributed by atoms with Crippen LogP contribution < -0.4 is 4.90 Å². The highest BCUT2D eigenvalue weighted by Gasteiger charge is 2.31. The van der Waals surface area contributed by atoms with E-state index in [1.165, 1.54) is 0 Å². The molecule has 4 rings (SSSR count). The summed E-state index contributed by atoms with van der Waals surface area (Å²) in [6, 6.07) is 14.5. The Balaban J connectivity index is 1.38. The fourth-order valence-electron chi connectivity index (χ4n) is 4.65. The zero-order chi connectivity index (χ0) is 24.5. The number of carbonyl (C=O) groups is 1. The van der Waals surface area contributed by atoms with Crippen LogP contribution in [0.25, 0.3) is 10.8 Å². The first-order chi connectivity index (χ1) is 16.1. The number of aryl methyl sites for hydroxylation is 1.